The van der Waals surface area contributed by atoms with Gasteiger partial charge in [-0.05, 0) is 30.0 Å². The minimum atomic E-state index is -0.494. The molecule has 0 aliphatic carbocycles. The quantitative estimate of drug-likeness (QED) is 0.911. The van der Waals surface area contributed by atoms with Crippen molar-refractivity contribution >= 4 is 17.2 Å². The van der Waals surface area contributed by atoms with Crippen LogP contribution in [0.25, 0.3) is 0 Å². The van der Waals surface area contributed by atoms with Gasteiger partial charge < -0.3 is 10.0 Å². The normalized spacial score (nSPS) is 12.1. The Kier molecular flexibility index (Phi) is 4.71. The van der Waals surface area contributed by atoms with Crippen LogP contribution in [-0.4, -0.2) is 29.5 Å². The van der Waals surface area contributed by atoms with Crippen molar-refractivity contribution in [1.82, 2.24) is 4.90 Å². The molecular formula is C15H17NO2S. The lowest BCUT2D eigenvalue weighted by molar-refractivity contribution is 0.0763. The van der Waals surface area contributed by atoms with Crippen LogP contribution < -0.4 is 0 Å². The van der Waals surface area contributed by atoms with Crippen LogP contribution >= 0.6 is 11.3 Å². The molecule has 0 saturated carbocycles. The van der Waals surface area contributed by atoms with Gasteiger partial charge in [0.05, 0.1) is 6.10 Å². The Morgan fingerprint density at radius 1 is 1.26 bits per heavy atom. The van der Waals surface area contributed by atoms with Gasteiger partial charge in [-0.25, -0.2) is 0 Å². The van der Waals surface area contributed by atoms with Crippen molar-refractivity contribution in [3.8, 4) is 0 Å². The topological polar surface area (TPSA) is 40.5 Å². The van der Waals surface area contributed by atoms with Crippen LogP contribution in [0.1, 0.15) is 27.8 Å². The van der Waals surface area contributed by atoms with Crippen LogP contribution in [0.15, 0.2) is 47.8 Å². The molecule has 2 rings (SSSR count). The molecule has 1 N–H and O–H groups in total. The summed E-state index contributed by atoms with van der Waals surface area (Å²) in [6.45, 7) is 0.535. The number of nitrogens with zero attached hydrogens (tertiary/aromatic N) is 1. The van der Waals surface area contributed by atoms with E-state index in [9.17, 15) is 9.90 Å². The summed E-state index contributed by atoms with van der Waals surface area (Å²) in [4.78, 5) is 14.7. The molecule has 1 aromatic heterocycles. The monoisotopic (exact) mass is 275 g/mol. The van der Waals surface area contributed by atoms with E-state index < -0.39 is 6.10 Å². The molecule has 0 unspecified atom stereocenters. The largest absolute Gasteiger partial charge is 0.388 e. The number of benzene rings is 1. The van der Waals surface area contributed by atoms with Crippen LogP contribution in [0.4, 0.5) is 0 Å². The van der Waals surface area contributed by atoms with Crippen LogP contribution in [0.5, 0.6) is 0 Å². The summed E-state index contributed by atoms with van der Waals surface area (Å²) in [5.41, 5.74) is 0.676. The Morgan fingerprint density at radius 3 is 2.63 bits per heavy atom. The maximum Gasteiger partial charge on any atom is 0.253 e. The molecule has 0 bridgehead atoms. The lowest BCUT2D eigenvalue weighted by Crippen LogP contribution is -2.28. The first-order valence-corrected chi connectivity index (χ1v) is 7.08. The van der Waals surface area contributed by atoms with Gasteiger partial charge in [0.25, 0.3) is 5.91 Å². The van der Waals surface area contributed by atoms with Crippen molar-refractivity contribution < 1.29 is 9.90 Å². The predicted octanol–water partition coefficient (Wildman–Crippen LogP) is 2.94. The van der Waals surface area contributed by atoms with Gasteiger partial charge in [0.2, 0.25) is 0 Å². The average molecular weight is 275 g/mol. The Hall–Kier alpha value is -1.65. The van der Waals surface area contributed by atoms with Gasteiger partial charge in [-0.1, -0.05) is 24.3 Å². The Balaban J connectivity index is 1.88. The molecule has 0 aliphatic rings. The van der Waals surface area contributed by atoms with Crippen molar-refractivity contribution in [2.75, 3.05) is 13.6 Å². The van der Waals surface area contributed by atoms with E-state index in [2.05, 4.69) is 0 Å². The van der Waals surface area contributed by atoms with Crippen molar-refractivity contribution in [3.05, 3.63) is 58.3 Å². The summed E-state index contributed by atoms with van der Waals surface area (Å²) < 4.78 is 0. The van der Waals surface area contributed by atoms with Crippen molar-refractivity contribution in [2.45, 2.75) is 12.5 Å². The number of thiophene rings is 1. The number of hydrogen-bond acceptors (Lipinski definition) is 3. The zero-order chi connectivity index (χ0) is 13.7. The standard InChI is InChI=1S/C15H17NO2S/c1-16(15(18)12-6-3-2-4-7-12)10-9-13(17)14-8-5-11-19-14/h2-8,11,13,17H,9-10H2,1H3/t13-/m0/s1. The number of hydrogen-bond donors (Lipinski definition) is 1. The summed E-state index contributed by atoms with van der Waals surface area (Å²) in [5, 5.41) is 11.9. The van der Waals surface area contributed by atoms with Crippen molar-refractivity contribution in [1.29, 1.82) is 0 Å². The van der Waals surface area contributed by atoms with Crippen LogP contribution in [-0.2, 0) is 0 Å². The maximum atomic E-state index is 12.1. The highest BCUT2D eigenvalue weighted by Crippen LogP contribution is 2.21. The van der Waals surface area contributed by atoms with Crippen LogP contribution in [0, 0.1) is 0 Å². The third-order valence-corrected chi connectivity index (χ3v) is 3.95. The van der Waals surface area contributed by atoms with Crippen LogP contribution in [0.3, 0.4) is 0 Å². The van der Waals surface area contributed by atoms with E-state index in [1.807, 2.05) is 35.7 Å². The second-order valence-electron chi connectivity index (χ2n) is 4.41. The first kappa shape index (κ1) is 13.8. The fourth-order valence-electron chi connectivity index (χ4n) is 1.84. The number of amides is 1. The van der Waals surface area contributed by atoms with Crippen molar-refractivity contribution in [3.63, 3.8) is 0 Å². The van der Waals surface area contributed by atoms with E-state index in [4.69, 9.17) is 0 Å². The highest BCUT2D eigenvalue weighted by molar-refractivity contribution is 7.10. The number of carbonyl (C=O) groups is 1. The van der Waals surface area contributed by atoms with Gasteiger partial charge in [-0.2, -0.15) is 0 Å². The lowest BCUT2D eigenvalue weighted by atomic mass is 10.1. The molecule has 0 saturated heterocycles. The second-order valence-corrected chi connectivity index (χ2v) is 5.39. The molecule has 0 spiro atoms. The summed E-state index contributed by atoms with van der Waals surface area (Å²) in [6.07, 6.45) is 0.0568. The summed E-state index contributed by atoms with van der Waals surface area (Å²) in [6, 6.07) is 13.0. The highest BCUT2D eigenvalue weighted by Gasteiger charge is 2.14. The lowest BCUT2D eigenvalue weighted by Gasteiger charge is -2.18. The summed E-state index contributed by atoms with van der Waals surface area (Å²) in [7, 11) is 1.76. The molecular weight excluding hydrogens is 258 g/mol. The molecule has 1 atom stereocenters. The molecule has 0 aliphatic heterocycles. The molecule has 4 heteroatoms. The molecule has 1 amide bonds. The van der Waals surface area contributed by atoms with E-state index in [0.29, 0.717) is 18.5 Å². The number of aliphatic hydroxyl groups is 1. The molecule has 19 heavy (non-hydrogen) atoms. The SMILES string of the molecule is CN(CC[C@H](O)c1cccs1)C(=O)c1ccccc1. The Bertz CT molecular complexity index is 510. The minimum absolute atomic E-state index is 0.0148. The van der Waals surface area contributed by atoms with E-state index in [1.54, 1.807) is 24.1 Å². The van der Waals surface area contributed by atoms with Gasteiger partial charge in [0.15, 0.2) is 0 Å². The number of rotatable bonds is 5. The zero-order valence-corrected chi connectivity index (χ0v) is 11.6. The predicted molar refractivity (Wildman–Crippen MR) is 77.3 cm³/mol. The number of aliphatic hydroxyl groups excluding tert-OH is 1. The zero-order valence-electron chi connectivity index (χ0n) is 10.8. The van der Waals surface area contributed by atoms with Crippen molar-refractivity contribution in [2.24, 2.45) is 0 Å². The number of carbonyl (C=O) groups excluding carboxylic acids is 1. The average Bonchev–Trinajstić information content (AvgIpc) is 2.98. The third kappa shape index (κ3) is 3.66. The smallest absolute Gasteiger partial charge is 0.253 e. The third-order valence-electron chi connectivity index (χ3n) is 2.98. The highest BCUT2D eigenvalue weighted by atomic mass is 32.1. The fraction of sp³-hybridized carbons (Fsp3) is 0.267. The van der Waals surface area contributed by atoms with Gasteiger partial charge >= 0.3 is 0 Å². The Morgan fingerprint density at radius 2 is 2.00 bits per heavy atom. The molecule has 0 radical (unpaired) electrons. The molecule has 1 heterocycles. The van der Waals surface area contributed by atoms with Gasteiger partial charge in [-0.3, -0.25) is 4.79 Å². The summed E-state index contributed by atoms with van der Waals surface area (Å²) >= 11 is 1.53. The van der Waals surface area contributed by atoms with Gasteiger partial charge in [0, 0.05) is 24.0 Å². The molecule has 100 valence electrons. The first-order chi connectivity index (χ1) is 9.18. The van der Waals surface area contributed by atoms with E-state index in [1.165, 1.54) is 11.3 Å². The molecule has 3 nitrogen and oxygen atoms in total. The van der Waals surface area contributed by atoms with Gasteiger partial charge in [0.1, 0.15) is 0 Å². The minimum Gasteiger partial charge on any atom is -0.388 e. The van der Waals surface area contributed by atoms with Gasteiger partial charge in [-0.15, -0.1) is 11.3 Å². The molecule has 0 fully saturated rings. The second kappa shape index (κ2) is 6.50. The van der Waals surface area contributed by atoms with Crippen LogP contribution in [0.2, 0.25) is 0 Å². The van der Waals surface area contributed by atoms with E-state index in [-0.39, 0.29) is 5.91 Å². The van der Waals surface area contributed by atoms with E-state index in [0.717, 1.165) is 4.88 Å². The first-order valence-electron chi connectivity index (χ1n) is 6.20. The molecule has 2 aromatic rings. The van der Waals surface area contributed by atoms with E-state index >= 15 is 0 Å². The Labute approximate surface area is 117 Å². The maximum absolute atomic E-state index is 12.1. The fourth-order valence-corrected chi connectivity index (χ4v) is 2.59. The molecule has 1 aromatic carbocycles. The summed E-state index contributed by atoms with van der Waals surface area (Å²) in [5.74, 6) is -0.0148.